The van der Waals surface area contributed by atoms with E-state index in [0.717, 1.165) is 4.47 Å². The summed E-state index contributed by atoms with van der Waals surface area (Å²) in [5, 5.41) is 2.53. The van der Waals surface area contributed by atoms with Crippen molar-refractivity contribution in [3.8, 4) is 5.75 Å². The molecule has 0 saturated carbocycles. The number of rotatable bonds is 7. The standard InChI is InChI=1S/C21H18BrFN2O4S/c1-2-29-20-12-11-16(30(27,28)25-15-9-7-14(22)8-10-15)13-19(20)24-21(26)17-5-3-4-6-18(17)23/h3-13,25H,2H2,1H3,(H,24,26). The van der Waals surface area contributed by atoms with E-state index in [9.17, 15) is 17.6 Å². The predicted molar refractivity (Wildman–Crippen MR) is 117 cm³/mol. The van der Waals surface area contributed by atoms with Gasteiger partial charge in [0.05, 0.1) is 22.8 Å². The lowest BCUT2D eigenvalue weighted by Crippen LogP contribution is -2.17. The molecule has 0 aliphatic rings. The Morgan fingerprint density at radius 2 is 1.77 bits per heavy atom. The maximum Gasteiger partial charge on any atom is 0.261 e. The Kier molecular flexibility index (Phi) is 6.73. The minimum atomic E-state index is -3.94. The molecule has 0 bridgehead atoms. The van der Waals surface area contributed by atoms with Gasteiger partial charge < -0.3 is 10.1 Å². The highest BCUT2D eigenvalue weighted by molar-refractivity contribution is 9.10. The van der Waals surface area contributed by atoms with Gasteiger partial charge in [-0.15, -0.1) is 0 Å². The molecule has 0 spiro atoms. The van der Waals surface area contributed by atoms with Crippen molar-refractivity contribution in [3.05, 3.63) is 82.6 Å². The third-order valence-electron chi connectivity index (χ3n) is 4.02. The maximum atomic E-state index is 13.9. The first kappa shape index (κ1) is 21.8. The number of halogens is 2. The molecule has 0 aliphatic heterocycles. The van der Waals surface area contributed by atoms with E-state index in [4.69, 9.17) is 4.74 Å². The predicted octanol–water partition coefficient (Wildman–Crippen LogP) is 5.04. The second kappa shape index (κ2) is 9.27. The summed E-state index contributed by atoms with van der Waals surface area (Å²) in [5.74, 6) is -1.14. The Bertz CT molecular complexity index is 1170. The molecule has 30 heavy (non-hydrogen) atoms. The van der Waals surface area contributed by atoms with Crippen LogP contribution in [0.4, 0.5) is 15.8 Å². The average molecular weight is 493 g/mol. The molecule has 0 unspecified atom stereocenters. The highest BCUT2D eigenvalue weighted by Crippen LogP contribution is 2.29. The monoisotopic (exact) mass is 492 g/mol. The molecule has 3 aromatic carbocycles. The SMILES string of the molecule is CCOc1ccc(S(=O)(=O)Nc2ccc(Br)cc2)cc1NC(=O)c1ccccc1F. The fourth-order valence-electron chi connectivity index (χ4n) is 2.62. The Balaban J connectivity index is 1.92. The van der Waals surface area contributed by atoms with Gasteiger partial charge in [-0.1, -0.05) is 28.1 Å². The lowest BCUT2D eigenvalue weighted by Gasteiger charge is -2.14. The second-order valence-electron chi connectivity index (χ2n) is 6.14. The summed E-state index contributed by atoms with van der Waals surface area (Å²) >= 11 is 3.29. The van der Waals surface area contributed by atoms with Crippen molar-refractivity contribution in [3.63, 3.8) is 0 Å². The van der Waals surface area contributed by atoms with E-state index in [1.807, 2.05) is 0 Å². The molecule has 0 aromatic heterocycles. The van der Waals surface area contributed by atoms with E-state index < -0.39 is 21.7 Å². The zero-order chi connectivity index (χ0) is 21.7. The fourth-order valence-corrected chi connectivity index (χ4v) is 3.97. The third-order valence-corrected chi connectivity index (χ3v) is 5.93. The van der Waals surface area contributed by atoms with Crippen LogP contribution in [0.15, 0.2) is 76.1 Å². The van der Waals surface area contributed by atoms with Crippen LogP contribution in [-0.4, -0.2) is 20.9 Å². The number of carbonyl (C=O) groups excluding carboxylic acids is 1. The first-order valence-corrected chi connectivity index (χ1v) is 11.2. The molecular weight excluding hydrogens is 475 g/mol. The second-order valence-corrected chi connectivity index (χ2v) is 8.74. The summed E-state index contributed by atoms with van der Waals surface area (Å²) in [4.78, 5) is 12.4. The molecule has 3 aromatic rings. The first-order chi connectivity index (χ1) is 14.3. The van der Waals surface area contributed by atoms with E-state index in [2.05, 4.69) is 26.0 Å². The highest BCUT2D eigenvalue weighted by atomic mass is 79.9. The van der Waals surface area contributed by atoms with Crippen molar-refractivity contribution >= 4 is 43.2 Å². The van der Waals surface area contributed by atoms with Crippen LogP contribution in [-0.2, 0) is 10.0 Å². The quantitative estimate of drug-likeness (QED) is 0.483. The molecule has 9 heteroatoms. The smallest absolute Gasteiger partial charge is 0.261 e. The van der Waals surface area contributed by atoms with Crippen molar-refractivity contribution in [2.75, 3.05) is 16.6 Å². The summed E-state index contributed by atoms with van der Waals surface area (Å²) in [6.45, 7) is 2.05. The number of ether oxygens (including phenoxy) is 1. The van der Waals surface area contributed by atoms with Crippen LogP contribution in [0.1, 0.15) is 17.3 Å². The van der Waals surface area contributed by atoms with Gasteiger partial charge in [0, 0.05) is 10.2 Å². The van der Waals surface area contributed by atoms with Gasteiger partial charge in [-0.25, -0.2) is 12.8 Å². The van der Waals surface area contributed by atoms with Gasteiger partial charge in [0.2, 0.25) is 0 Å². The molecule has 0 heterocycles. The fraction of sp³-hybridized carbons (Fsp3) is 0.0952. The summed E-state index contributed by atoms with van der Waals surface area (Å²) < 4.78 is 48.2. The molecule has 0 saturated heterocycles. The molecule has 156 valence electrons. The van der Waals surface area contributed by atoms with Crippen LogP contribution in [0.3, 0.4) is 0 Å². The van der Waals surface area contributed by atoms with Crippen molar-refractivity contribution in [2.24, 2.45) is 0 Å². The van der Waals surface area contributed by atoms with Gasteiger partial charge >= 0.3 is 0 Å². The normalized spacial score (nSPS) is 11.0. The largest absolute Gasteiger partial charge is 0.492 e. The summed E-state index contributed by atoms with van der Waals surface area (Å²) in [5.41, 5.74) is 0.328. The van der Waals surface area contributed by atoms with Crippen molar-refractivity contribution in [2.45, 2.75) is 11.8 Å². The molecule has 0 radical (unpaired) electrons. The van der Waals surface area contributed by atoms with Crippen LogP contribution < -0.4 is 14.8 Å². The van der Waals surface area contributed by atoms with E-state index >= 15 is 0 Å². The van der Waals surface area contributed by atoms with Crippen LogP contribution >= 0.6 is 15.9 Å². The molecule has 0 aliphatic carbocycles. The van der Waals surface area contributed by atoms with E-state index in [1.54, 1.807) is 31.2 Å². The summed E-state index contributed by atoms with van der Waals surface area (Å²) in [7, 11) is -3.94. The van der Waals surface area contributed by atoms with Crippen molar-refractivity contribution in [1.82, 2.24) is 0 Å². The zero-order valence-corrected chi connectivity index (χ0v) is 18.3. The molecule has 6 nitrogen and oxygen atoms in total. The zero-order valence-electron chi connectivity index (χ0n) is 15.9. The van der Waals surface area contributed by atoms with Gasteiger partial charge in [0.15, 0.2) is 0 Å². The minimum absolute atomic E-state index is 0.0855. The number of hydrogen-bond donors (Lipinski definition) is 2. The number of anilines is 2. The van der Waals surface area contributed by atoms with Crippen LogP contribution in [0.25, 0.3) is 0 Å². The maximum absolute atomic E-state index is 13.9. The number of amides is 1. The van der Waals surface area contributed by atoms with Crippen LogP contribution in [0, 0.1) is 5.82 Å². The Hall–Kier alpha value is -2.91. The Morgan fingerprint density at radius 3 is 2.43 bits per heavy atom. The van der Waals surface area contributed by atoms with Crippen LogP contribution in [0.2, 0.25) is 0 Å². The van der Waals surface area contributed by atoms with Gasteiger partial charge in [-0.3, -0.25) is 9.52 Å². The van der Waals surface area contributed by atoms with Crippen molar-refractivity contribution < 1.29 is 22.3 Å². The number of benzene rings is 3. The number of nitrogens with one attached hydrogen (secondary N) is 2. The van der Waals surface area contributed by atoms with Gasteiger partial charge in [0.1, 0.15) is 11.6 Å². The van der Waals surface area contributed by atoms with Crippen LogP contribution in [0.5, 0.6) is 5.75 Å². The minimum Gasteiger partial charge on any atom is -0.492 e. The average Bonchev–Trinajstić information content (AvgIpc) is 2.71. The topological polar surface area (TPSA) is 84.5 Å². The Labute approximate surface area is 182 Å². The Morgan fingerprint density at radius 1 is 1.07 bits per heavy atom. The van der Waals surface area contributed by atoms with E-state index in [0.29, 0.717) is 12.3 Å². The molecule has 0 fully saturated rings. The van der Waals surface area contributed by atoms with Gasteiger partial charge in [0.25, 0.3) is 15.9 Å². The molecule has 3 rings (SSSR count). The summed E-state index contributed by atoms with van der Waals surface area (Å²) in [6.07, 6.45) is 0. The number of sulfonamides is 1. The number of carbonyl (C=O) groups is 1. The third kappa shape index (κ3) is 5.17. The lowest BCUT2D eigenvalue weighted by molar-refractivity contribution is 0.102. The molecule has 1 amide bonds. The first-order valence-electron chi connectivity index (χ1n) is 8.91. The number of hydrogen-bond acceptors (Lipinski definition) is 4. The highest BCUT2D eigenvalue weighted by Gasteiger charge is 2.19. The molecule has 0 atom stereocenters. The van der Waals surface area contributed by atoms with E-state index in [1.165, 1.54) is 42.5 Å². The van der Waals surface area contributed by atoms with Gasteiger partial charge in [-0.05, 0) is 61.5 Å². The van der Waals surface area contributed by atoms with E-state index in [-0.39, 0.29) is 21.9 Å². The van der Waals surface area contributed by atoms with Crippen molar-refractivity contribution in [1.29, 1.82) is 0 Å². The lowest BCUT2D eigenvalue weighted by atomic mass is 10.2. The molecular formula is C21H18BrFN2O4S. The summed E-state index contributed by atoms with van der Waals surface area (Å²) in [6, 6.07) is 16.2. The van der Waals surface area contributed by atoms with Gasteiger partial charge in [-0.2, -0.15) is 0 Å². The molecule has 2 N–H and O–H groups in total.